The highest BCUT2D eigenvalue weighted by Crippen LogP contribution is 2.49. The van der Waals surface area contributed by atoms with Gasteiger partial charge in [-0.05, 0) is 66.9 Å². The summed E-state index contributed by atoms with van der Waals surface area (Å²) in [5, 5.41) is 2.96. The summed E-state index contributed by atoms with van der Waals surface area (Å²) in [6.07, 6.45) is 1.55. The summed E-state index contributed by atoms with van der Waals surface area (Å²) in [5.74, 6) is 1.12. The van der Waals surface area contributed by atoms with Crippen molar-refractivity contribution in [3.05, 3.63) is 90.2 Å². The normalized spacial score (nSPS) is 14.5. The van der Waals surface area contributed by atoms with Crippen molar-refractivity contribution in [1.82, 2.24) is 0 Å². The Balaban J connectivity index is 1.44. The number of para-hydroxylation sites is 1. The maximum Gasteiger partial charge on any atom is 0.235 e. The van der Waals surface area contributed by atoms with Crippen LogP contribution in [0.1, 0.15) is 18.4 Å². The van der Waals surface area contributed by atoms with E-state index in [4.69, 9.17) is 4.74 Å². The third-order valence-electron chi connectivity index (χ3n) is 4.67. The average molecular weight is 347 g/mol. The number of carbonyl (C=O) groups excluding carboxylic acids is 1. The lowest BCUT2D eigenvalue weighted by Gasteiger charge is -2.16. The maximum absolute atomic E-state index is 13.1. The Morgan fingerprint density at radius 2 is 1.46 bits per heavy atom. The molecule has 4 heteroatoms. The van der Waals surface area contributed by atoms with Crippen LogP contribution >= 0.6 is 0 Å². The molecule has 1 aliphatic carbocycles. The summed E-state index contributed by atoms with van der Waals surface area (Å²) in [6.45, 7) is 0. The molecule has 130 valence electrons. The van der Waals surface area contributed by atoms with E-state index < -0.39 is 5.41 Å². The molecule has 3 aromatic rings. The highest BCUT2D eigenvalue weighted by molar-refractivity contribution is 6.01. The van der Waals surface area contributed by atoms with Crippen LogP contribution in [-0.2, 0) is 10.2 Å². The van der Waals surface area contributed by atoms with Crippen molar-refractivity contribution in [2.45, 2.75) is 18.3 Å². The number of benzene rings is 3. The minimum absolute atomic E-state index is 0.0548. The van der Waals surface area contributed by atoms with Crippen molar-refractivity contribution >= 4 is 11.6 Å². The lowest BCUT2D eigenvalue weighted by atomic mass is 9.95. The van der Waals surface area contributed by atoms with E-state index in [0.29, 0.717) is 11.4 Å². The van der Waals surface area contributed by atoms with Gasteiger partial charge in [-0.2, -0.15) is 0 Å². The Morgan fingerprint density at radius 1 is 0.846 bits per heavy atom. The number of hydrogen-bond donors (Lipinski definition) is 1. The van der Waals surface area contributed by atoms with Crippen LogP contribution in [0, 0.1) is 5.82 Å². The molecular weight excluding hydrogens is 329 g/mol. The molecule has 3 nitrogen and oxygen atoms in total. The van der Waals surface area contributed by atoms with Gasteiger partial charge in [0, 0.05) is 5.69 Å². The van der Waals surface area contributed by atoms with Crippen molar-refractivity contribution in [3.8, 4) is 11.5 Å². The number of anilines is 1. The molecule has 1 N–H and O–H groups in total. The molecule has 0 aliphatic heterocycles. The van der Waals surface area contributed by atoms with Crippen LogP contribution in [0.15, 0.2) is 78.9 Å². The molecule has 4 rings (SSSR count). The summed E-state index contributed by atoms with van der Waals surface area (Å²) in [5.41, 5.74) is 1.04. The number of carbonyl (C=O) groups is 1. The van der Waals surface area contributed by atoms with Crippen LogP contribution in [0.25, 0.3) is 0 Å². The van der Waals surface area contributed by atoms with Gasteiger partial charge in [-0.25, -0.2) is 4.39 Å². The molecule has 0 atom stereocenters. The molecule has 1 aliphatic rings. The number of amides is 1. The summed E-state index contributed by atoms with van der Waals surface area (Å²) in [6, 6.07) is 23.0. The van der Waals surface area contributed by atoms with Crippen molar-refractivity contribution in [2.24, 2.45) is 0 Å². The maximum atomic E-state index is 13.1. The number of rotatable bonds is 5. The molecule has 0 bridgehead atoms. The Bertz CT molecular complexity index is 901. The number of ether oxygens (including phenoxy) is 1. The smallest absolute Gasteiger partial charge is 0.235 e. The summed E-state index contributed by atoms with van der Waals surface area (Å²) in [4.78, 5) is 12.7. The molecule has 26 heavy (non-hydrogen) atoms. The van der Waals surface area contributed by atoms with Gasteiger partial charge in [-0.15, -0.1) is 0 Å². The second-order valence-corrected chi connectivity index (χ2v) is 6.48. The molecule has 3 aromatic carbocycles. The minimum Gasteiger partial charge on any atom is -0.457 e. The molecule has 0 saturated heterocycles. The lowest BCUT2D eigenvalue weighted by molar-refractivity contribution is -0.118. The molecule has 0 aromatic heterocycles. The SMILES string of the molecule is O=C(Nc1ccc(Oc2ccccc2)cc1)C1(c2ccc(F)cc2)CC1. The van der Waals surface area contributed by atoms with Gasteiger partial charge in [0.1, 0.15) is 17.3 Å². The molecule has 0 spiro atoms. The number of halogens is 1. The molecule has 1 saturated carbocycles. The Kier molecular flexibility index (Phi) is 4.17. The summed E-state index contributed by atoms with van der Waals surface area (Å²) in [7, 11) is 0. The largest absolute Gasteiger partial charge is 0.457 e. The molecule has 0 unspecified atom stereocenters. The fourth-order valence-electron chi connectivity index (χ4n) is 3.02. The summed E-state index contributed by atoms with van der Waals surface area (Å²) < 4.78 is 18.9. The molecule has 1 fully saturated rings. The van der Waals surface area contributed by atoms with Gasteiger partial charge in [0.15, 0.2) is 0 Å². The highest BCUT2D eigenvalue weighted by Gasteiger charge is 2.51. The predicted octanol–water partition coefficient (Wildman–Crippen LogP) is 5.29. The zero-order valence-electron chi connectivity index (χ0n) is 14.1. The van der Waals surface area contributed by atoms with E-state index >= 15 is 0 Å². The Morgan fingerprint density at radius 3 is 2.08 bits per heavy atom. The molecule has 1 amide bonds. The zero-order valence-corrected chi connectivity index (χ0v) is 14.1. The fourth-order valence-corrected chi connectivity index (χ4v) is 3.02. The first-order valence-corrected chi connectivity index (χ1v) is 8.56. The third kappa shape index (κ3) is 3.31. The predicted molar refractivity (Wildman–Crippen MR) is 98.9 cm³/mol. The first kappa shape index (κ1) is 16.3. The van der Waals surface area contributed by atoms with Gasteiger partial charge < -0.3 is 10.1 Å². The second-order valence-electron chi connectivity index (χ2n) is 6.48. The molecule has 0 radical (unpaired) electrons. The highest BCUT2D eigenvalue weighted by atomic mass is 19.1. The van der Waals surface area contributed by atoms with E-state index in [1.807, 2.05) is 54.6 Å². The van der Waals surface area contributed by atoms with E-state index in [0.717, 1.165) is 24.2 Å². The van der Waals surface area contributed by atoms with Gasteiger partial charge >= 0.3 is 0 Å². The Labute approximate surface area is 151 Å². The van der Waals surface area contributed by atoms with Gasteiger partial charge in [0.25, 0.3) is 0 Å². The molecular formula is C22H18FNO2. The average Bonchev–Trinajstić information content (AvgIpc) is 3.47. The van der Waals surface area contributed by atoms with E-state index in [1.54, 1.807) is 12.1 Å². The van der Waals surface area contributed by atoms with E-state index in [-0.39, 0.29) is 11.7 Å². The minimum atomic E-state index is -0.535. The first-order valence-electron chi connectivity index (χ1n) is 8.56. The van der Waals surface area contributed by atoms with Crippen LogP contribution in [-0.4, -0.2) is 5.91 Å². The topological polar surface area (TPSA) is 38.3 Å². The monoisotopic (exact) mass is 347 g/mol. The zero-order chi connectivity index (χ0) is 18.0. The van der Waals surface area contributed by atoms with E-state index in [9.17, 15) is 9.18 Å². The second kappa shape index (κ2) is 6.64. The van der Waals surface area contributed by atoms with Gasteiger partial charge in [-0.3, -0.25) is 4.79 Å². The van der Waals surface area contributed by atoms with Crippen molar-refractivity contribution in [3.63, 3.8) is 0 Å². The van der Waals surface area contributed by atoms with Crippen LogP contribution in [0.4, 0.5) is 10.1 Å². The van der Waals surface area contributed by atoms with Crippen molar-refractivity contribution in [2.75, 3.05) is 5.32 Å². The van der Waals surface area contributed by atoms with E-state index in [2.05, 4.69) is 5.32 Å². The Hall–Kier alpha value is -3.14. The van der Waals surface area contributed by atoms with Crippen molar-refractivity contribution in [1.29, 1.82) is 0 Å². The molecule has 0 heterocycles. The number of nitrogens with one attached hydrogen (secondary N) is 1. The quantitative estimate of drug-likeness (QED) is 0.681. The fraction of sp³-hybridized carbons (Fsp3) is 0.136. The lowest BCUT2D eigenvalue weighted by Crippen LogP contribution is -2.27. The summed E-state index contributed by atoms with van der Waals surface area (Å²) >= 11 is 0. The number of hydrogen-bond acceptors (Lipinski definition) is 2. The van der Waals surface area contributed by atoms with Gasteiger partial charge in [0.05, 0.1) is 5.41 Å². The van der Waals surface area contributed by atoms with Crippen LogP contribution < -0.4 is 10.1 Å². The standard InChI is InChI=1S/C22H18FNO2/c23-17-8-6-16(7-9-17)22(14-15-22)21(25)24-18-10-12-20(13-11-18)26-19-4-2-1-3-5-19/h1-13H,14-15H2,(H,24,25). The van der Waals surface area contributed by atoms with Gasteiger partial charge in [0.2, 0.25) is 5.91 Å². The van der Waals surface area contributed by atoms with Crippen LogP contribution in [0.2, 0.25) is 0 Å². The third-order valence-corrected chi connectivity index (χ3v) is 4.67. The van der Waals surface area contributed by atoms with Crippen LogP contribution in [0.5, 0.6) is 11.5 Å². The van der Waals surface area contributed by atoms with E-state index in [1.165, 1.54) is 12.1 Å². The van der Waals surface area contributed by atoms with Crippen LogP contribution in [0.3, 0.4) is 0 Å². The van der Waals surface area contributed by atoms with Crippen molar-refractivity contribution < 1.29 is 13.9 Å². The van der Waals surface area contributed by atoms with Gasteiger partial charge in [-0.1, -0.05) is 30.3 Å². The first-order chi connectivity index (χ1) is 12.7.